The van der Waals surface area contributed by atoms with E-state index < -0.39 is 79.2 Å². The first-order valence-electron chi connectivity index (χ1n) is 12.7. The largest absolute Gasteiger partial charge is 0.508 e. The summed E-state index contributed by atoms with van der Waals surface area (Å²) in [6, 6.07) is 9.51. The Hall–Kier alpha value is -3.31. The summed E-state index contributed by atoms with van der Waals surface area (Å²) in [6.07, 6.45) is -15.0. The molecule has 14 heteroatoms. The summed E-state index contributed by atoms with van der Waals surface area (Å²) in [7, 11) is 0. The minimum atomic E-state index is -1.74. The molecule has 3 aromatic rings. The fourth-order valence-electron chi connectivity index (χ4n) is 4.84. The number of rotatable bonds is 6. The molecule has 0 unspecified atom stereocenters. The summed E-state index contributed by atoms with van der Waals surface area (Å²) in [5, 5.41) is 81.1. The highest BCUT2D eigenvalue weighted by atomic mass is 16.7. The zero-order valence-electron chi connectivity index (χ0n) is 21.5. The van der Waals surface area contributed by atoms with Crippen molar-refractivity contribution in [3.8, 4) is 28.6 Å². The fourth-order valence-corrected chi connectivity index (χ4v) is 4.84. The lowest BCUT2D eigenvalue weighted by Crippen LogP contribution is -2.64. The van der Waals surface area contributed by atoms with Crippen LogP contribution in [-0.2, 0) is 14.2 Å². The van der Waals surface area contributed by atoms with Crippen LogP contribution in [0.1, 0.15) is 6.92 Å². The van der Waals surface area contributed by atoms with Crippen LogP contribution in [0.4, 0.5) is 0 Å². The topological polar surface area (TPSA) is 229 Å². The van der Waals surface area contributed by atoms with Gasteiger partial charge in [0.2, 0.25) is 6.29 Å². The van der Waals surface area contributed by atoms with Crippen LogP contribution >= 0.6 is 0 Å². The predicted molar refractivity (Wildman–Crippen MR) is 137 cm³/mol. The molecule has 8 N–H and O–H groups in total. The Bertz CT molecular complexity index is 1420. The van der Waals surface area contributed by atoms with E-state index in [-0.39, 0.29) is 28.2 Å². The van der Waals surface area contributed by atoms with Crippen molar-refractivity contribution >= 4 is 11.0 Å². The number of hydrogen-bond acceptors (Lipinski definition) is 14. The number of hydrogen-bond donors (Lipinski definition) is 8. The molecular weight excluding hydrogens is 548 g/mol. The molecular formula is C27H30O14. The molecule has 2 aliphatic rings. The molecule has 222 valence electrons. The zero-order valence-corrected chi connectivity index (χ0v) is 21.5. The van der Waals surface area contributed by atoms with Crippen LogP contribution in [0.2, 0.25) is 0 Å². The van der Waals surface area contributed by atoms with E-state index in [0.717, 1.165) is 6.07 Å². The highest BCUT2D eigenvalue weighted by molar-refractivity contribution is 5.86. The Morgan fingerprint density at radius 3 is 2.20 bits per heavy atom. The molecule has 2 aliphatic heterocycles. The highest BCUT2D eigenvalue weighted by Crippen LogP contribution is 2.34. The van der Waals surface area contributed by atoms with Gasteiger partial charge in [-0.15, -0.1) is 0 Å². The van der Waals surface area contributed by atoms with Crippen molar-refractivity contribution in [2.75, 3.05) is 6.61 Å². The lowest BCUT2D eigenvalue weighted by atomic mass is 9.97. The van der Waals surface area contributed by atoms with E-state index in [4.69, 9.17) is 23.4 Å². The Morgan fingerprint density at radius 2 is 1.51 bits per heavy atom. The van der Waals surface area contributed by atoms with E-state index in [1.807, 2.05) is 0 Å². The molecule has 0 aliphatic carbocycles. The first-order valence-corrected chi connectivity index (χ1v) is 12.7. The van der Waals surface area contributed by atoms with E-state index in [1.165, 1.54) is 43.3 Å². The van der Waals surface area contributed by atoms with Gasteiger partial charge in [-0.05, 0) is 31.2 Å². The molecule has 41 heavy (non-hydrogen) atoms. The summed E-state index contributed by atoms with van der Waals surface area (Å²) in [6.45, 7) is 0.790. The molecule has 2 aromatic carbocycles. The molecule has 3 heterocycles. The van der Waals surface area contributed by atoms with E-state index in [1.54, 1.807) is 0 Å². The number of aliphatic hydroxyl groups excluding tert-OH is 6. The summed E-state index contributed by atoms with van der Waals surface area (Å²) in [5.74, 6) is -0.359. The number of ether oxygens (including phenoxy) is 4. The zero-order chi connectivity index (χ0) is 29.6. The van der Waals surface area contributed by atoms with Crippen LogP contribution in [-0.4, -0.2) is 109 Å². The van der Waals surface area contributed by atoms with Gasteiger partial charge in [-0.3, -0.25) is 4.79 Å². The molecule has 0 bridgehead atoms. The third-order valence-electron chi connectivity index (χ3n) is 7.10. The SMILES string of the molecule is C[C@@H]1O[C@@H](Oc2cc(O)c3c(=O)cc(-c4ccc(O)cc4)oc3c2)[C@H](O)[C@H](O)[C@H]1O[C@@H]1O[C@H](CO)[C@@H](O)[C@H](O)[C@H]1O. The fraction of sp³-hybridized carbons (Fsp3) is 0.444. The van der Waals surface area contributed by atoms with Crippen LogP contribution in [0.15, 0.2) is 51.7 Å². The summed E-state index contributed by atoms with van der Waals surface area (Å²) >= 11 is 0. The first kappa shape index (κ1) is 29.2. The molecule has 10 atom stereocenters. The van der Waals surface area contributed by atoms with Crippen LogP contribution in [0, 0.1) is 0 Å². The maximum absolute atomic E-state index is 12.7. The van der Waals surface area contributed by atoms with E-state index in [2.05, 4.69) is 0 Å². The smallest absolute Gasteiger partial charge is 0.229 e. The minimum Gasteiger partial charge on any atom is -0.508 e. The first-order chi connectivity index (χ1) is 19.5. The van der Waals surface area contributed by atoms with Crippen molar-refractivity contribution in [2.24, 2.45) is 0 Å². The van der Waals surface area contributed by atoms with Gasteiger partial charge in [0.25, 0.3) is 0 Å². The van der Waals surface area contributed by atoms with Gasteiger partial charge in [0.15, 0.2) is 11.7 Å². The molecule has 0 saturated carbocycles. The van der Waals surface area contributed by atoms with E-state index >= 15 is 0 Å². The average Bonchev–Trinajstić information content (AvgIpc) is 2.93. The minimum absolute atomic E-state index is 0.0218. The predicted octanol–water partition coefficient (Wildman–Crippen LogP) is -1.10. The van der Waals surface area contributed by atoms with Gasteiger partial charge in [-0.1, -0.05) is 0 Å². The third kappa shape index (κ3) is 5.61. The van der Waals surface area contributed by atoms with Crippen molar-refractivity contribution in [1.29, 1.82) is 0 Å². The van der Waals surface area contributed by atoms with Gasteiger partial charge in [-0.25, -0.2) is 0 Å². The van der Waals surface area contributed by atoms with Gasteiger partial charge in [0.05, 0.1) is 12.7 Å². The number of aromatic hydroxyl groups is 2. The molecule has 0 radical (unpaired) electrons. The van der Waals surface area contributed by atoms with Crippen molar-refractivity contribution in [3.05, 3.63) is 52.7 Å². The van der Waals surface area contributed by atoms with Gasteiger partial charge in [-0.2, -0.15) is 0 Å². The maximum atomic E-state index is 12.7. The molecule has 2 fully saturated rings. The maximum Gasteiger partial charge on any atom is 0.229 e. The van der Waals surface area contributed by atoms with Crippen LogP contribution < -0.4 is 10.2 Å². The summed E-state index contributed by atoms with van der Waals surface area (Å²) in [4.78, 5) is 12.7. The number of fused-ring (bicyclic) bond motifs is 1. The third-order valence-corrected chi connectivity index (χ3v) is 7.10. The van der Waals surface area contributed by atoms with E-state index in [0.29, 0.717) is 5.56 Å². The Morgan fingerprint density at radius 1 is 0.829 bits per heavy atom. The Labute approximate surface area is 231 Å². The summed E-state index contributed by atoms with van der Waals surface area (Å²) < 4.78 is 28.1. The van der Waals surface area contributed by atoms with Gasteiger partial charge in [0.1, 0.15) is 76.7 Å². The quantitative estimate of drug-likeness (QED) is 0.174. The molecule has 14 nitrogen and oxygen atoms in total. The Balaban J connectivity index is 1.34. The monoisotopic (exact) mass is 578 g/mol. The molecule has 0 spiro atoms. The number of phenolic OH excluding ortho intramolecular Hbond substituents is 2. The van der Waals surface area contributed by atoms with Gasteiger partial charge >= 0.3 is 0 Å². The molecule has 2 saturated heterocycles. The van der Waals surface area contributed by atoms with E-state index in [9.17, 15) is 45.6 Å². The van der Waals surface area contributed by atoms with Crippen LogP contribution in [0.3, 0.4) is 0 Å². The van der Waals surface area contributed by atoms with Crippen molar-refractivity contribution in [2.45, 2.75) is 68.3 Å². The average molecular weight is 579 g/mol. The lowest BCUT2D eigenvalue weighted by molar-refractivity contribution is -0.348. The molecule has 5 rings (SSSR count). The molecule has 0 amide bonds. The van der Waals surface area contributed by atoms with Gasteiger partial charge < -0.3 is 64.2 Å². The number of benzene rings is 2. The second kappa shape index (κ2) is 11.5. The van der Waals surface area contributed by atoms with Crippen LogP contribution in [0.5, 0.6) is 17.2 Å². The second-order valence-corrected chi connectivity index (χ2v) is 9.94. The second-order valence-electron chi connectivity index (χ2n) is 9.94. The van der Waals surface area contributed by atoms with Crippen molar-refractivity contribution in [3.63, 3.8) is 0 Å². The number of aliphatic hydroxyl groups is 6. The molecule has 1 aromatic heterocycles. The van der Waals surface area contributed by atoms with Crippen molar-refractivity contribution in [1.82, 2.24) is 0 Å². The Kier molecular flexibility index (Phi) is 8.20. The summed E-state index contributed by atoms with van der Waals surface area (Å²) in [5.41, 5.74) is -0.0936. The van der Waals surface area contributed by atoms with Crippen molar-refractivity contribution < 1.29 is 64.2 Å². The van der Waals surface area contributed by atoms with Gasteiger partial charge in [0, 0.05) is 23.8 Å². The van der Waals surface area contributed by atoms with Crippen LogP contribution in [0.25, 0.3) is 22.3 Å². The normalized spacial score (nSPS) is 34.0. The lowest BCUT2D eigenvalue weighted by Gasteiger charge is -2.45. The highest BCUT2D eigenvalue weighted by Gasteiger charge is 2.50. The number of phenols is 2. The standard InChI is InChI=1S/C27H30O14/c1-10-25(41-27-23(35)21(33)20(32)18(9-28)40-27)22(34)24(36)26(37-10)38-13-6-14(30)19-15(31)8-16(39-17(19)7-13)11-2-4-12(29)5-3-11/h2-8,10,18,20-30,32-36H,9H2,1H3/t10-,18+,20+,21-,22-,23+,24+,25-,26-,27-/m0/s1.